The second-order valence-electron chi connectivity index (χ2n) is 2.58. The van der Waals surface area contributed by atoms with Crippen LogP contribution in [0.3, 0.4) is 0 Å². The molecule has 0 aliphatic heterocycles. The van der Waals surface area contributed by atoms with Gasteiger partial charge in [0.25, 0.3) is 0 Å². The standard InChI is InChI=1S/C8H9Cl2N3O/c1-13(8(14)12-11)7-5(9)3-2-4-6(7)10/h2-4H,11H2,1H3,(H,12,14). The number of amides is 2. The number of nitrogens with two attached hydrogens (primary N) is 1. The lowest BCUT2D eigenvalue weighted by molar-refractivity contribution is 0.247. The van der Waals surface area contributed by atoms with Crippen LogP contribution in [0.1, 0.15) is 0 Å². The fourth-order valence-electron chi connectivity index (χ4n) is 1.01. The third-order valence-corrected chi connectivity index (χ3v) is 2.31. The quantitative estimate of drug-likeness (QED) is 0.443. The highest BCUT2D eigenvalue weighted by molar-refractivity contribution is 6.39. The predicted octanol–water partition coefficient (Wildman–Crippen LogP) is 2.01. The summed E-state index contributed by atoms with van der Waals surface area (Å²) in [5, 5.41) is 0.784. The van der Waals surface area contributed by atoms with Crippen LogP contribution in [0.4, 0.5) is 10.5 Å². The molecular weight excluding hydrogens is 225 g/mol. The van der Waals surface area contributed by atoms with E-state index in [1.165, 1.54) is 11.9 Å². The first-order valence-electron chi connectivity index (χ1n) is 3.76. The van der Waals surface area contributed by atoms with E-state index in [2.05, 4.69) is 0 Å². The van der Waals surface area contributed by atoms with Crippen LogP contribution < -0.4 is 16.2 Å². The summed E-state index contributed by atoms with van der Waals surface area (Å²) in [6.07, 6.45) is 0. The van der Waals surface area contributed by atoms with E-state index in [0.717, 1.165) is 0 Å². The molecule has 76 valence electrons. The van der Waals surface area contributed by atoms with Crippen LogP contribution in [-0.2, 0) is 0 Å². The summed E-state index contributed by atoms with van der Waals surface area (Å²) in [4.78, 5) is 12.4. The molecule has 0 saturated heterocycles. The first-order chi connectivity index (χ1) is 6.57. The highest BCUT2D eigenvalue weighted by Crippen LogP contribution is 2.32. The average molecular weight is 234 g/mol. The second kappa shape index (κ2) is 4.50. The van der Waals surface area contributed by atoms with E-state index in [9.17, 15) is 4.79 Å². The minimum Gasteiger partial charge on any atom is -0.293 e. The van der Waals surface area contributed by atoms with Crippen molar-refractivity contribution in [2.45, 2.75) is 0 Å². The summed E-state index contributed by atoms with van der Waals surface area (Å²) < 4.78 is 0. The minimum absolute atomic E-state index is 0.392. The number of hydrazine groups is 1. The van der Waals surface area contributed by atoms with Crippen LogP contribution in [0.25, 0.3) is 0 Å². The van der Waals surface area contributed by atoms with Crippen LogP contribution in [0.2, 0.25) is 10.0 Å². The lowest BCUT2D eigenvalue weighted by Gasteiger charge is -2.18. The molecule has 6 heteroatoms. The number of urea groups is 1. The summed E-state index contributed by atoms with van der Waals surface area (Å²) in [5.74, 6) is 4.98. The van der Waals surface area contributed by atoms with Crippen molar-refractivity contribution >= 4 is 34.9 Å². The Bertz CT molecular complexity index is 336. The molecule has 0 saturated carbocycles. The van der Waals surface area contributed by atoms with Gasteiger partial charge in [0.1, 0.15) is 0 Å². The van der Waals surface area contributed by atoms with Crippen LogP contribution in [0, 0.1) is 0 Å². The van der Waals surface area contributed by atoms with Crippen LogP contribution in [0.15, 0.2) is 18.2 Å². The maximum Gasteiger partial charge on any atom is 0.335 e. The number of anilines is 1. The van der Waals surface area contributed by atoms with Gasteiger partial charge in [-0.3, -0.25) is 10.3 Å². The molecule has 0 aromatic heterocycles. The van der Waals surface area contributed by atoms with Gasteiger partial charge in [0, 0.05) is 7.05 Å². The molecule has 0 spiro atoms. The fraction of sp³-hybridized carbons (Fsp3) is 0.125. The summed E-state index contributed by atoms with van der Waals surface area (Å²) in [5.41, 5.74) is 2.42. The Labute approximate surface area is 91.5 Å². The number of halogens is 2. The van der Waals surface area contributed by atoms with Gasteiger partial charge >= 0.3 is 6.03 Å². The number of benzene rings is 1. The van der Waals surface area contributed by atoms with E-state index < -0.39 is 6.03 Å². The van der Waals surface area contributed by atoms with Crippen LogP contribution in [0.5, 0.6) is 0 Å². The minimum atomic E-state index is -0.486. The largest absolute Gasteiger partial charge is 0.335 e. The first kappa shape index (κ1) is 11.1. The van der Waals surface area contributed by atoms with Gasteiger partial charge in [-0.2, -0.15) is 0 Å². The smallest absolute Gasteiger partial charge is 0.293 e. The van der Waals surface area contributed by atoms with Crippen molar-refractivity contribution < 1.29 is 4.79 Å². The number of hydrogen-bond acceptors (Lipinski definition) is 2. The number of para-hydroxylation sites is 1. The third-order valence-electron chi connectivity index (χ3n) is 1.70. The highest BCUT2D eigenvalue weighted by atomic mass is 35.5. The average Bonchev–Trinajstić information content (AvgIpc) is 2.16. The van der Waals surface area contributed by atoms with Gasteiger partial charge in [-0.1, -0.05) is 29.3 Å². The van der Waals surface area contributed by atoms with E-state index in [1.54, 1.807) is 18.2 Å². The molecule has 4 nitrogen and oxygen atoms in total. The van der Waals surface area contributed by atoms with Gasteiger partial charge in [-0.05, 0) is 12.1 Å². The van der Waals surface area contributed by atoms with Gasteiger partial charge in [-0.15, -0.1) is 0 Å². The number of hydrogen-bond donors (Lipinski definition) is 2. The van der Waals surface area contributed by atoms with Gasteiger partial charge < -0.3 is 0 Å². The Balaban J connectivity index is 3.11. The molecule has 0 atom stereocenters. The van der Waals surface area contributed by atoms with Crippen molar-refractivity contribution in [1.82, 2.24) is 5.43 Å². The van der Waals surface area contributed by atoms with Crippen LogP contribution >= 0.6 is 23.2 Å². The van der Waals surface area contributed by atoms with Gasteiger partial charge in [0.2, 0.25) is 0 Å². The number of carbonyl (C=O) groups is 1. The molecule has 1 aromatic rings. The number of rotatable bonds is 1. The van der Waals surface area contributed by atoms with Crippen molar-refractivity contribution in [3.8, 4) is 0 Å². The van der Waals surface area contributed by atoms with Gasteiger partial charge in [0.05, 0.1) is 15.7 Å². The Morgan fingerprint density at radius 1 is 1.43 bits per heavy atom. The third kappa shape index (κ3) is 2.09. The van der Waals surface area contributed by atoms with Crippen molar-refractivity contribution in [3.05, 3.63) is 28.2 Å². The molecule has 3 N–H and O–H groups in total. The van der Waals surface area contributed by atoms with Crippen molar-refractivity contribution in [1.29, 1.82) is 0 Å². The molecule has 2 amide bonds. The fourth-order valence-corrected chi connectivity index (χ4v) is 1.66. The van der Waals surface area contributed by atoms with Crippen molar-refractivity contribution in [2.75, 3.05) is 11.9 Å². The zero-order valence-corrected chi connectivity index (χ0v) is 8.93. The Hall–Kier alpha value is -0.970. The topological polar surface area (TPSA) is 58.4 Å². The second-order valence-corrected chi connectivity index (χ2v) is 3.39. The molecule has 0 unspecified atom stereocenters. The maximum absolute atomic E-state index is 11.2. The van der Waals surface area contributed by atoms with Crippen molar-refractivity contribution in [2.24, 2.45) is 5.84 Å². The number of nitrogens with zero attached hydrogens (tertiary/aromatic N) is 1. The molecule has 0 heterocycles. The van der Waals surface area contributed by atoms with E-state index in [0.29, 0.717) is 15.7 Å². The zero-order valence-electron chi connectivity index (χ0n) is 7.42. The summed E-state index contributed by atoms with van der Waals surface area (Å²) in [7, 11) is 1.52. The predicted molar refractivity (Wildman–Crippen MR) is 57.6 cm³/mol. The number of carbonyl (C=O) groups excluding carboxylic acids is 1. The first-order valence-corrected chi connectivity index (χ1v) is 4.52. The molecule has 1 rings (SSSR count). The maximum atomic E-state index is 11.2. The zero-order chi connectivity index (χ0) is 10.7. The molecule has 0 aliphatic rings. The van der Waals surface area contributed by atoms with E-state index >= 15 is 0 Å². The summed E-state index contributed by atoms with van der Waals surface area (Å²) in [6.45, 7) is 0. The molecule has 0 fully saturated rings. The summed E-state index contributed by atoms with van der Waals surface area (Å²) in [6, 6.07) is 4.49. The number of nitrogens with one attached hydrogen (secondary N) is 1. The van der Waals surface area contributed by atoms with E-state index in [4.69, 9.17) is 29.0 Å². The molecule has 0 radical (unpaired) electrons. The van der Waals surface area contributed by atoms with Crippen LogP contribution in [-0.4, -0.2) is 13.1 Å². The van der Waals surface area contributed by atoms with E-state index in [1.807, 2.05) is 5.43 Å². The lowest BCUT2D eigenvalue weighted by Crippen LogP contribution is -2.41. The lowest BCUT2D eigenvalue weighted by atomic mass is 10.3. The molecule has 0 aliphatic carbocycles. The van der Waals surface area contributed by atoms with E-state index in [-0.39, 0.29) is 0 Å². The van der Waals surface area contributed by atoms with Gasteiger partial charge in [0.15, 0.2) is 0 Å². The molecular formula is C8H9Cl2N3O. The Morgan fingerprint density at radius 3 is 2.36 bits per heavy atom. The molecule has 0 bridgehead atoms. The SMILES string of the molecule is CN(C(=O)NN)c1c(Cl)cccc1Cl. The summed E-state index contributed by atoms with van der Waals surface area (Å²) >= 11 is 11.8. The normalized spacial score (nSPS) is 9.71. The Kier molecular flexibility index (Phi) is 3.57. The molecule has 1 aromatic carbocycles. The van der Waals surface area contributed by atoms with Gasteiger partial charge in [-0.25, -0.2) is 10.6 Å². The monoisotopic (exact) mass is 233 g/mol. The van der Waals surface area contributed by atoms with Crippen molar-refractivity contribution in [3.63, 3.8) is 0 Å². The molecule has 14 heavy (non-hydrogen) atoms. The Morgan fingerprint density at radius 2 is 1.93 bits per heavy atom. The highest BCUT2D eigenvalue weighted by Gasteiger charge is 2.15.